The topological polar surface area (TPSA) is 65.0 Å². The zero-order chi connectivity index (χ0) is 23.8. The van der Waals surface area contributed by atoms with E-state index in [0.717, 1.165) is 51.6 Å². The molecule has 0 aliphatic carbocycles. The second kappa shape index (κ2) is 8.97. The fourth-order valence-corrected chi connectivity index (χ4v) is 4.49. The van der Waals surface area contributed by atoms with Gasteiger partial charge in [-0.25, -0.2) is 4.79 Å². The molecule has 0 saturated heterocycles. The zero-order valence-electron chi connectivity index (χ0n) is 20.0. The van der Waals surface area contributed by atoms with Crippen LogP contribution in [0, 0.1) is 20.8 Å². The van der Waals surface area contributed by atoms with Gasteiger partial charge in [-0.3, -0.25) is 0 Å². The van der Waals surface area contributed by atoms with E-state index in [1.165, 1.54) is 0 Å². The smallest absolute Gasteiger partial charge is 0.347 e. The Balaban J connectivity index is 1.37. The average molecular weight is 449 g/mol. The van der Waals surface area contributed by atoms with Crippen molar-refractivity contribution in [2.45, 2.75) is 65.6 Å². The molecule has 1 N–H and O–H groups in total. The molecule has 5 nitrogen and oxygen atoms in total. The predicted octanol–water partition coefficient (Wildman–Crippen LogP) is 5.96. The van der Waals surface area contributed by atoms with E-state index in [1.807, 2.05) is 63.2 Å². The quantitative estimate of drug-likeness (QED) is 0.472. The van der Waals surface area contributed by atoms with Crippen LogP contribution in [0.15, 0.2) is 42.5 Å². The molecule has 4 rings (SSSR count). The molecule has 5 heteroatoms. The van der Waals surface area contributed by atoms with Gasteiger partial charge in [-0.15, -0.1) is 0 Å². The number of rotatable bonds is 6. The van der Waals surface area contributed by atoms with Gasteiger partial charge in [0.15, 0.2) is 6.10 Å². The number of hydrogen-bond donors (Lipinski definition) is 1. The molecular weight excluding hydrogens is 416 g/mol. The van der Waals surface area contributed by atoms with Gasteiger partial charge >= 0.3 is 5.97 Å². The Morgan fingerprint density at radius 1 is 1.09 bits per heavy atom. The third kappa shape index (κ3) is 4.50. The first kappa shape index (κ1) is 23.0. The van der Waals surface area contributed by atoms with Crippen LogP contribution in [0.2, 0.25) is 0 Å². The highest BCUT2D eigenvalue weighted by atomic mass is 16.6. The number of carbonyl (C=O) groups excluding carboxylic acids is 1. The minimum Gasteiger partial charge on any atom is -0.507 e. The molecule has 2 atom stereocenters. The van der Waals surface area contributed by atoms with Gasteiger partial charge in [0, 0.05) is 17.4 Å². The maximum absolute atomic E-state index is 12.6. The monoisotopic (exact) mass is 448 g/mol. The van der Waals surface area contributed by atoms with Gasteiger partial charge in [0.2, 0.25) is 0 Å². The summed E-state index contributed by atoms with van der Waals surface area (Å²) in [5.74, 6) is 1.49. The van der Waals surface area contributed by atoms with Gasteiger partial charge < -0.3 is 19.3 Å². The summed E-state index contributed by atoms with van der Waals surface area (Å²) in [5.41, 5.74) is 3.34. The summed E-state index contributed by atoms with van der Waals surface area (Å²) in [5, 5.41) is 12.4. The third-order valence-corrected chi connectivity index (χ3v) is 6.85. The lowest BCUT2D eigenvalue weighted by Gasteiger charge is -2.38. The first-order valence-corrected chi connectivity index (χ1v) is 11.5. The summed E-state index contributed by atoms with van der Waals surface area (Å²) in [6.07, 6.45) is 1.48. The SMILES string of the molecule is Cc1c(C)c2c(c(C)c1O)CC[C@](C)(CCOC(=O)C(C)Oc1cccc3ccccc13)O2. The van der Waals surface area contributed by atoms with E-state index in [0.29, 0.717) is 17.9 Å². The van der Waals surface area contributed by atoms with Crippen LogP contribution in [-0.4, -0.2) is 29.4 Å². The van der Waals surface area contributed by atoms with Crippen LogP contribution in [-0.2, 0) is 16.0 Å². The van der Waals surface area contributed by atoms with Gasteiger partial charge in [-0.1, -0.05) is 36.4 Å². The number of fused-ring (bicyclic) bond motifs is 2. The molecular formula is C28H32O5. The van der Waals surface area contributed by atoms with E-state index in [9.17, 15) is 9.90 Å². The van der Waals surface area contributed by atoms with E-state index >= 15 is 0 Å². The number of benzene rings is 3. The van der Waals surface area contributed by atoms with Gasteiger partial charge in [0.25, 0.3) is 0 Å². The lowest BCUT2D eigenvalue weighted by Crippen LogP contribution is -2.39. The van der Waals surface area contributed by atoms with Crippen molar-refractivity contribution in [3.63, 3.8) is 0 Å². The second-order valence-corrected chi connectivity index (χ2v) is 9.24. The van der Waals surface area contributed by atoms with Crippen molar-refractivity contribution in [1.29, 1.82) is 0 Å². The standard InChI is InChI=1S/C28H32O5/c1-17-18(2)26-22(19(3)25(17)29)13-14-28(5,33-26)15-16-31-27(30)20(4)32-24-12-8-10-21-9-6-7-11-23(21)24/h6-12,20,29H,13-16H2,1-5H3/t20?,28-/m1/s1. The number of phenols is 1. The molecule has 0 aromatic heterocycles. The summed E-state index contributed by atoms with van der Waals surface area (Å²) in [7, 11) is 0. The molecule has 0 bridgehead atoms. The lowest BCUT2D eigenvalue weighted by molar-refractivity contribution is -0.152. The third-order valence-electron chi connectivity index (χ3n) is 6.85. The Hall–Kier alpha value is -3.21. The molecule has 0 radical (unpaired) electrons. The number of phenolic OH excluding ortho intramolecular Hbond substituents is 1. The van der Waals surface area contributed by atoms with Crippen LogP contribution in [0.4, 0.5) is 0 Å². The molecule has 33 heavy (non-hydrogen) atoms. The first-order chi connectivity index (χ1) is 15.7. The van der Waals surface area contributed by atoms with E-state index in [2.05, 4.69) is 6.92 Å². The number of ether oxygens (including phenoxy) is 3. The van der Waals surface area contributed by atoms with Crippen LogP contribution in [0.1, 0.15) is 48.9 Å². The van der Waals surface area contributed by atoms with Crippen molar-refractivity contribution in [2.75, 3.05) is 6.61 Å². The Kier molecular flexibility index (Phi) is 6.24. The fraction of sp³-hybridized carbons (Fsp3) is 0.393. The molecule has 0 spiro atoms. The summed E-state index contributed by atoms with van der Waals surface area (Å²) < 4.78 is 17.9. The van der Waals surface area contributed by atoms with Crippen LogP contribution in [0.25, 0.3) is 10.8 Å². The van der Waals surface area contributed by atoms with Crippen molar-refractivity contribution in [3.8, 4) is 17.2 Å². The molecule has 1 aliphatic rings. The summed E-state index contributed by atoms with van der Waals surface area (Å²) in [4.78, 5) is 12.6. The van der Waals surface area contributed by atoms with Gasteiger partial charge in [0.05, 0.1) is 6.61 Å². The van der Waals surface area contributed by atoms with E-state index in [-0.39, 0.29) is 6.61 Å². The van der Waals surface area contributed by atoms with E-state index in [1.54, 1.807) is 6.92 Å². The lowest BCUT2D eigenvalue weighted by atomic mass is 9.86. The van der Waals surface area contributed by atoms with Crippen LogP contribution < -0.4 is 9.47 Å². The highest BCUT2D eigenvalue weighted by Crippen LogP contribution is 2.44. The number of hydrogen-bond acceptors (Lipinski definition) is 5. The molecule has 3 aromatic carbocycles. The normalized spacial score (nSPS) is 18.3. The number of aromatic hydroxyl groups is 1. The maximum atomic E-state index is 12.6. The fourth-order valence-electron chi connectivity index (χ4n) is 4.49. The van der Waals surface area contributed by atoms with E-state index in [4.69, 9.17) is 14.2 Å². The number of esters is 1. The minimum atomic E-state index is -0.716. The van der Waals surface area contributed by atoms with Crippen molar-refractivity contribution in [2.24, 2.45) is 0 Å². The Morgan fingerprint density at radius 2 is 1.82 bits per heavy atom. The summed E-state index contributed by atoms with van der Waals surface area (Å²) >= 11 is 0. The predicted molar refractivity (Wildman–Crippen MR) is 129 cm³/mol. The van der Waals surface area contributed by atoms with Gasteiger partial charge in [-0.2, -0.15) is 0 Å². The maximum Gasteiger partial charge on any atom is 0.347 e. The Morgan fingerprint density at radius 3 is 2.61 bits per heavy atom. The molecule has 174 valence electrons. The average Bonchev–Trinajstić information content (AvgIpc) is 2.81. The highest BCUT2D eigenvalue weighted by Gasteiger charge is 2.35. The first-order valence-electron chi connectivity index (χ1n) is 11.5. The minimum absolute atomic E-state index is 0.253. The van der Waals surface area contributed by atoms with Crippen molar-refractivity contribution >= 4 is 16.7 Å². The zero-order valence-corrected chi connectivity index (χ0v) is 20.0. The van der Waals surface area contributed by atoms with Gasteiger partial charge in [-0.05, 0) is 75.6 Å². The van der Waals surface area contributed by atoms with Crippen molar-refractivity contribution < 1.29 is 24.1 Å². The van der Waals surface area contributed by atoms with Crippen molar-refractivity contribution in [1.82, 2.24) is 0 Å². The largest absolute Gasteiger partial charge is 0.507 e. The van der Waals surface area contributed by atoms with Crippen LogP contribution >= 0.6 is 0 Å². The molecule has 1 unspecified atom stereocenters. The van der Waals surface area contributed by atoms with Crippen LogP contribution in [0.3, 0.4) is 0 Å². The molecule has 1 aliphatic heterocycles. The molecule has 0 amide bonds. The second-order valence-electron chi connectivity index (χ2n) is 9.24. The summed E-state index contributed by atoms with van der Waals surface area (Å²) in [6, 6.07) is 13.7. The van der Waals surface area contributed by atoms with Crippen LogP contribution in [0.5, 0.6) is 17.2 Å². The molecule has 3 aromatic rings. The van der Waals surface area contributed by atoms with Gasteiger partial charge in [0.1, 0.15) is 22.8 Å². The molecule has 0 saturated carbocycles. The number of carbonyl (C=O) groups is 1. The molecule has 0 fully saturated rings. The summed E-state index contributed by atoms with van der Waals surface area (Å²) in [6.45, 7) is 9.84. The Bertz CT molecular complexity index is 1190. The highest BCUT2D eigenvalue weighted by molar-refractivity contribution is 5.88. The van der Waals surface area contributed by atoms with Crippen molar-refractivity contribution in [3.05, 3.63) is 64.7 Å². The van der Waals surface area contributed by atoms with E-state index < -0.39 is 17.7 Å². The molecule has 1 heterocycles. The Labute approximate surface area is 195 Å².